The zero-order valence-corrected chi connectivity index (χ0v) is 13.1. The van der Waals surface area contributed by atoms with Gasteiger partial charge in [-0.25, -0.2) is 8.42 Å². The SMILES string of the molecule is CN(C=Cc1ccccc1N)S(=O)(=O)c1ccc([N+](=O)[O-])cc1. The summed E-state index contributed by atoms with van der Waals surface area (Å²) in [6.07, 6.45) is 2.96. The summed E-state index contributed by atoms with van der Waals surface area (Å²) in [6, 6.07) is 11.8. The van der Waals surface area contributed by atoms with Crippen LogP contribution in [0.25, 0.3) is 6.08 Å². The van der Waals surface area contributed by atoms with E-state index in [1.54, 1.807) is 30.3 Å². The van der Waals surface area contributed by atoms with Crippen molar-refractivity contribution in [1.29, 1.82) is 0 Å². The topological polar surface area (TPSA) is 107 Å². The van der Waals surface area contributed by atoms with Gasteiger partial charge in [0.25, 0.3) is 15.7 Å². The van der Waals surface area contributed by atoms with Crippen molar-refractivity contribution in [2.45, 2.75) is 4.90 Å². The molecule has 0 saturated heterocycles. The standard InChI is InChI=1S/C15H15N3O4S/c1-17(11-10-12-4-2-3-5-15(12)16)23(21,22)14-8-6-13(7-9-14)18(19)20/h2-11H,16H2,1H3. The van der Waals surface area contributed by atoms with E-state index in [1.165, 1.54) is 25.4 Å². The van der Waals surface area contributed by atoms with E-state index in [0.29, 0.717) is 11.3 Å². The lowest BCUT2D eigenvalue weighted by Crippen LogP contribution is -2.21. The molecule has 0 unspecified atom stereocenters. The Morgan fingerprint density at radius 3 is 2.30 bits per heavy atom. The number of rotatable bonds is 5. The number of para-hydroxylation sites is 1. The first-order valence-corrected chi connectivity index (χ1v) is 8.01. The lowest BCUT2D eigenvalue weighted by molar-refractivity contribution is -0.384. The Kier molecular flexibility index (Phi) is 4.65. The summed E-state index contributed by atoms with van der Waals surface area (Å²) >= 11 is 0. The number of anilines is 1. The fourth-order valence-corrected chi connectivity index (χ4v) is 2.87. The molecule has 0 spiro atoms. The summed E-state index contributed by atoms with van der Waals surface area (Å²) in [5, 5.41) is 10.6. The second kappa shape index (κ2) is 6.49. The van der Waals surface area contributed by atoms with Gasteiger partial charge in [0.05, 0.1) is 9.82 Å². The van der Waals surface area contributed by atoms with E-state index >= 15 is 0 Å². The van der Waals surface area contributed by atoms with Crippen molar-refractivity contribution >= 4 is 27.5 Å². The molecule has 0 aromatic heterocycles. The van der Waals surface area contributed by atoms with Crippen LogP contribution in [0.2, 0.25) is 0 Å². The largest absolute Gasteiger partial charge is 0.398 e. The van der Waals surface area contributed by atoms with Gasteiger partial charge in [-0.2, -0.15) is 0 Å². The summed E-state index contributed by atoms with van der Waals surface area (Å²) in [5.41, 5.74) is 6.85. The third kappa shape index (κ3) is 3.67. The number of nitro benzene ring substituents is 1. The number of sulfonamides is 1. The molecule has 2 aromatic rings. The molecule has 0 bridgehead atoms. The lowest BCUT2D eigenvalue weighted by atomic mass is 10.2. The van der Waals surface area contributed by atoms with Crippen LogP contribution >= 0.6 is 0 Å². The summed E-state index contributed by atoms with van der Waals surface area (Å²) in [6.45, 7) is 0. The van der Waals surface area contributed by atoms with Crippen molar-refractivity contribution in [3.8, 4) is 0 Å². The quantitative estimate of drug-likeness (QED) is 0.514. The molecule has 0 amide bonds. The van der Waals surface area contributed by atoms with Crippen LogP contribution < -0.4 is 5.73 Å². The van der Waals surface area contributed by atoms with Gasteiger partial charge in [0.1, 0.15) is 0 Å². The minimum Gasteiger partial charge on any atom is -0.398 e. The zero-order chi connectivity index (χ0) is 17.0. The second-order valence-electron chi connectivity index (χ2n) is 4.72. The van der Waals surface area contributed by atoms with Crippen LogP contribution in [0.1, 0.15) is 5.56 Å². The molecule has 0 saturated carbocycles. The monoisotopic (exact) mass is 333 g/mol. The molecule has 0 aliphatic carbocycles. The van der Waals surface area contributed by atoms with E-state index in [9.17, 15) is 18.5 Å². The van der Waals surface area contributed by atoms with Gasteiger partial charge < -0.3 is 5.73 Å². The summed E-state index contributed by atoms with van der Waals surface area (Å²) in [5.74, 6) is 0. The highest BCUT2D eigenvalue weighted by Crippen LogP contribution is 2.20. The first-order chi connectivity index (χ1) is 10.8. The van der Waals surface area contributed by atoms with Gasteiger partial charge in [-0.05, 0) is 29.8 Å². The molecule has 0 fully saturated rings. The minimum atomic E-state index is -3.78. The molecule has 8 heteroatoms. The fraction of sp³-hybridized carbons (Fsp3) is 0.0667. The van der Waals surface area contributed by atoms with Crippen molar-refractivity contribution in [2.24, 2.45) is 0 Å². The third-order valence-corrected chi connectivity index (χ3v) is 4.93. The molecule has 0 aliphatic heterocycles. The van der Waals surface area contributed by atoms with Gasteiger partial charge >= 0.3 is 0 Å². The number of nitrogens with zero attached hydrogens (tertiary/aromatic N) is 2. The number of hydrogen-bond acceptors (Lipinski definition) is 5. The molecule has 2 rings (SSSR count). The maximum atomic E-state index is 12.4. The Hall–Kier alpha value is -2.87. The Morgan fingerprint density at radius 2 is 1.74 bits per heavy atom. The predicted octanol–water partition coefficient (Wildman–Crippen LogP) is 2.47. The number of non-ortho nitro benzene ring substituents is 1. The van der Waals surface area contributed by atoms with Crippen molar-refractivity contribution in [3.05, 3.63) is 70.4 Å². The Bertz CT molecular complexity index is 845. The van der Waals surface area contributed by atoms with Crippen molar-refractivity contribution < 1.29 is 13.3 Å². The van der Waals surface area contributed by atoms with Crippen LogP contribution in [0.5, 0.6) is 0 Å². The zero-order valence-electron chi connectivity index (χ0n) is 12.3. The maximum Gasteiger partial charge on any atom is 0.269 e. The number of nitrogen functional groups attached to an aromatic ring is 1. The van der Waals surface area contributed by atoms with Crippen LogP contribution in [-0.2, 0) is 10.0 Å². The minimum absolute atomic E-state index is 0.0312. The van der Waals surface area contributed by atoms with Crippen molar-refractivity contribution in [1.82, 2.24) is 4.31 Å². The second-order valence-corrected chi connectivity index (χ2v) is 6.71. The highest BCUT2D eigenvalue weighted by Gasteiger charge is 2.19. The molecule has 2 aromatic carbocycles. The average molecular weight is 333 g/mol. The lowest BCUT2D eigenvalue weighted by Gasteiger charge is -2.14. The van der Waals surface area contributed by atoms with Gasteiger partial charge in [-0.15, -0.1) is 0 Å². The third-order valence-electron chi connectivity index (χ3n) is 3.18. The molecule has 120 valence electrons. The van der Waals surface area contributed by atoms with E-state index in [2.05, 4.69) is 0 Å². The van der Waals surface area contributed by atoms with Crippen LogP contribution in [0.4, 0.5) is 11.4 Å². The van der Waals surface area contributed by atoms with Crippen LogP contribution in [0.3, 0.4) is 0 Å². The molecule has 2 N–H and O–H groups in total. The first-order valence-electron chi connectivity index (χ1n) is 6.57. The summed E-state index contributed by atoms with van der Waals surface area (Å²) in [7, 11) is -2.40. The molecular weight excluding hydrogens is 318 g/mol. The van der Waals surface area contributed by atoms with E-state index in [1.807, 2.05) is 0 Å². The van der Waals surface area contributed by atoms with E-state index in [0.717, 1.165) is 16.4 Å². The van der Waals surface area contributed by atoms with E-state index in [4.69, 9.17) is 5.73 Å². The molecule has 0 radical (unpaired) electrons. The Balaban J connectivity index is 2.25. The smallest absolute Gasteiger partial charge is 0.269 e. The number of hydrogen-bond donors (Lipinski definition) is 1. The number of nitrogens with two attached hydrogens (primary N) is 1. The normalized spacial score (nSPS) is 11.5. The molecule has 0 aliphatic rings. The summed E-state index contributed by atoms with van der Waals surface area (Å²) in [4.78, 5) is 9.99. The molecule has 0 atom stereocenters. The maximum absolute atomic E-state index is 12.4. The summed E-state index contributed by atoms with van der Waals surface area (Å²) < 4.78 is 25.8. The molecular formula is C15H15N3O4S. The van der Waals surface area contributed by atoms with Gasteiger partial charge in [0.15, 0.2) is 0 Å². The van der Waals surface area contributed by atoms with Crippen LogP contribution in [0, 0.1) is 10.1 Å². The Labute approximate surface area is 133 Å². The van der Waals surface area contributed by atoms with Crippen molar-refractivity contribution in [2.75, 3.05) is 12.8 Å². The Morgan fingerprint density at radius 1 is 1.13 bits per heavy atom. The van der Waals surface area contributed by atoms with E-state index in [-0.39, 0.29) is 10.6 Å². The molecule has 23 heavy (non-hydrogen) atoms. The van der Waals surface area contributed by atoms with Gasteiger partial charge in [0, 0.05) is 31.1 Å². The molecule has 7 nitrogen and oxygen atoms in total. The predicted molar refractivity (Wildman–Crippen MR) is 87.9 cm³/mol. The van der Waals surface area contributed by atoms with E-state index < -0.39 is 14.9 Å². The van der Waals surface area contributed by atoms with Gasteiger partial charge in [-0.1, -0.05) is 18.2 Å². The highest BCUT2D eigenvalue weighted by molar-refractivity contribution is 7.89. The highest BCUT2D eigenvalue weighted by atomic mass is 32.2. The van der Waals surface area contributed by atoms with Gasteiger partial charge in [0.2, 0.25) is 0 Å². The first kappa shape index (κ1) is 16.5. The average Bonchev–Trinajstić information content (AvgIpc) is 2.53. The molecule has 0 heterocycles. The van der Waals surface area contributed by atoms with Gasteiger partial charge in [-0.3, -0.25) is 14.4 Å². The fourth-order valence-electron chi connectivity index (χ4n) is 1.83. The number of benzene rings is 2. The van der Waals surface area contributed by atoms with Crippen LogP contribution in [-0.4, -0.2) is 24.7 Å². The van der Waals surface area contributed by atoms with Crippen molar-refractivity contribution in [3.63, 3.8) is 0 Å². The number of nitro groups is 1. The van der Waals surface area contributed by atoms with Crippen LogP contribution in [0.15, 0.2) is 59.6 Å².